The molecule has 0 bridgehead atoms. The van der Waals surface area contributed by atoms with Gasteiger partial charge in [-0.15, -0.1) is 0 Å². The molecule has 0 fully saturated rings. The van der Waals surface area contributed by atoms with E-state index in [9.17, 15) is 19.8 Å². The molecule has 6 nitrogen and oxygen atoms in total. The maximum atomic E-state index is 13.1. The lowest BCUT2D eigenvalue weighted by Crippen LogP contribution is -2.46. The summed E-state index contributed by atoms with van der Waals surface area (Å²) < 4.78 is 5.86. The molecular formula is C52H89NO5. The number of amides is 1. The summed E-state index contributed by atoms with van der Waals surface area (Å²) in [6, 6.07) is -0.729. The van der Waals surface area contributed by atoms with E-state index in [2.05, 4.69) is 74.7 Å². The van der Waals surface area contributed by atoms with E-state index in [1.165, 1.54) is 77.0 Å². The molecule has 6 heteroatoms. The highest BCUT2D eigenvalue weighted by Gasteiger charge is 2.24. The molecule has 0 aliphatic rings. The van der Waals surface area contributed by atoms with Crippen molar-refractivity contribution in [2.45, 2.75) is 225 Å². The predicted molar refractivity (Wildman–Crippen MR) is 250 cm³/mol. The number of aliphatic hydroxyl groups excluding tert-OH is 2. The van der Waals surface area contributed by atoms with Crippen LogP contribution in [0.1, 0.15) is 207 Å². The maximum absolute atomic E-state index is 13.1. The molecule has 0 heterocycles. The van der Waals surface area contributed by atoms with E-state index in [4.69, 9.17) is 4.74 Å². The van der Waals surface area contributed by atoms with E-state index >= 15 is 0 Å². The molecule has 0 rings (SSSR count). The van der Waals surface area contributed by atoms with E-state index in [0.717, 1.165) is 83.5 Å². The van der Waals surface area contributed by atoms with Gasteiger partial charge in [-0.25, -0.2) is 0 Å². The minimum absolute atomic E-state index is 0.0189. The van der Waals surface area contributed by atoms with E-state index in [1.807, 2.05) is 36.5 Å². The Labute approximate surface area is 357 Å². The van der Waals surface area contributed by atoms with Gasteiger partial charge in [-0.1, -0.05) is 215 Å². The third-order valence-electron chi connectivity index (χ3n) is 10.4. The van der Waals surface area contributed by atoms with Crippen LogP contribution in [0.2, 0.25) is 0 Å². The fourth-order valence-corrected chi connectivity index (χ4v) is 6.74. The molecule has 0 spiro atoms. The zero-order valence-electron chi connectivity index (χ0n) is 37.6. The molecule has 0 aromatic rings. The second-order valence-corrected chi connectivity index (χ2v) is 15.9. The van der Waals surface area contributed by atoms with Crippen LogP contribution < -0.4 is 5.32 Å². The van der Waals surface area contributed by atoms with Crippen molar-refractivity contribution >= 4 is 11.9 Å². The highest BCUT2D eigenvalue weighted by Crippen LogP contribution is 2.16. The second kappa shape index (κ2) is 45.1. The fourth-order valence-electron chi connectivity index (χ4n) is 6.74. The number of rotatable bonds is 41. The fraction of sp³-hybridized carbons (Fsp3) is 0.692. The van der Waals surface area contributed by atoms with Gasteiger partial charge >= 0.3 is 5.97 Å². The highest BCUT2D eigenvalue weighted by molar-refractivity contribution is 5.77. The van der Waals surface area contributed by atoms with Crippen LogP contribution in [-0.2, 0) is 14.3 Å². The molecule has 3 N–H and O–H groups in total. The molecule has 0 aliphatic carbocycles. The lowest BCUT2D eigenvalue weighted by atomic mass is 10.0. The summed E-state index contributed by atoms with van der Waals surface area (Å²) in [7, 11) is 0. The summed E-state index contributed by atoms with van der Waals surface area (Å²) in [6.07, 6.45) is 57.9. The summed E-state index contributed by atoms with van der Waals surface area (Å²) in [5, 5.41) is 23.6. The van der Waals surface area contributed by atoms with Gasteiger partial charge in [0, 0.05) is 6.42 Å². The standard InChI is InChI=1S/C52H89NO5/c1-4-7-10-13-16-19-22-23-24-25-26-27-28-30-33-36-39-42-45-52(57)58-48(43-40-37-34-31-29-20-17-14-11-8-5-2)46-51(56)53-49(47-54)50(55)44-41-38-35-32-21-18-15-12-9-6-3/h8,11,14,17,20,22-27,29,31,34,48-50,54-55H,4-7,9-10,12-13,15-16,18-19,21,28,30,32-33,35-47H2,1-3H3,(H,53,56)/b11-8+,17-14+,23-22+,25-24+,27-26+,29-20-,34-31-. The van der Waals surface area contributed by atoms with Crippen molar-refractivity contribution in [1.82, 2.24) is 5.32 Å². The molecule has 0 aromatic carbocycles. The smallest absolute Gasteiger partial charge is 0.306 e. The molecular weight excluding hydrogens is 719 g/mol. The van der Waals surface area contributed by atoms with Gasteiger partial charge in [0.05, 0.1) is 25.2 Å². The monoisotopic (exact) mass is 808 g/mol. The molecule has 1 amide bonds. The zero-order valence-corrected chi connectivity index (χ0v) is 37.6. The largest absolute Gasteiger partial charge is 0.462 e. The molecule has 332 valence electrons. The van der Waals surface area contributed by atoms with Crippen LogP contribution >= 0.6 is 0 Å². The Bertz CT molecular complexity index is 1130. The van der Waals surface area contributed by atoms with Crippen molar-refractivity contribution in [1.29, 1.82) is 0 Å². The van der Waals surface area contributed by atoms with Crippen LogP contribution in [0.15, 0.2) is 85.1 Å². The van der Waals surface area contributed by atoms with Gasteiger partial charge in [-0.2, -0.15) is 0 Å². The third kappa shape index (κ3) is 39.8. The zero-order chi connectivity index (χ0) is 42.4. The Morgan fingerprint density at radius 3 is 1.45 bits per heavy atom. The highest BCUT2D eigenvalue weighted by atomic mass is 16.5. The molecule has 0 aromatic heterocycles. The number of allylic oxidation sites excluding steroid dienone is 14. The Morgan fingerprint density at radius 1 is 0.517 bits per heavy atom. The summed E-state index contributed by atoms with van der Waals surface area (Å²) in [5.74, 6) is -0.573. The Balaban J connectivity index is 4.67. The van der Waals surface area contributed by atoms with Crippen molar-refractivity contribution < 1.29 is 24.5 Å². The summed E-state index contributed by atoms with van der Waals surface area (Å²) in [5.41, 5.74) is 0. The van der Waals surface area contributed by atoms with Crippen LogP contribution in [-0.4, -0.2) is 46.9 Å². The number of carbonyl (C=O) groups excluding carboxylic acids is 2. The first-order chi connectivity index (χ1) is 28.5. The Kier molecular flexibility index (Phi) is 42.8. The first kappa shape index (κ1) is 55.0. The van der Waals surface area contributed by atoms with Gasteiger partial charge in [0.2, 0.25) is 5.91 Å². The second-order valence-electron chi connectivity index (χ2n) is 15.9. The SMILES string of the molecule is CC/C=C/C=C/C=C\C=C/CCCC(CC(=O)NC(CO)C(O)CCCCCCCCCCCC)OC(=O)CCCCCCC/C=C/C=C/C=C/CCCCCCC. The number of unbranched alkanes of at least 4 members (excludes halogenated alkanes) is 20. The van der Waals surface area contributed by atoms with Crippen LogP contribution in [0.25, 0.3) is 0 Å². The van der Waals surface area contributed by atoms with Crippen molar-refractivity contribution in [3.63, 3.8) is 0 Å². The molecule has 0 aliphatic heterocycles. The lowest BCUT2D eigenvalue weighted by Gasteiger charge is -2.24. The Morgan fingerprint density at radius 2 is 0.948 bits per heavy atom. The van der Waals surface area contributed by atoms with Gasteiger partial charge in [0.1, 0.15) is 6.10 Å². The minimum atomic E-state index is -0.811. The van der Waals surface area contributed by atoms with E-state index in [0.29, 0.717) is 19.3 Å². The van der Waals surface area contributed by atoms with Crippen LogP contribution in [0.5, 0.6) is 0 Å². The van der Waals surface area contributed by atoms with Gasteiger partial charge in [-0.05, 0) is 64.2 Å². The number of carbonyl (C=O) groups is 2. The molecule has 0 saturated carbocycles. The number of aliphatic hydroxyl groups is 2. The third-order valence-corrected chi connectivity index (χ3v) is 10.4. The van der Waals surface area contributed by atoms with Gasteiger partial charge in [0.15, 0.2) is 0 Å². The maximum Gasteiger partial charge on any atom is 0.306 e. The number of ether oxygens (including phenoxy) is 1. The van der Waals surface area contributed by atoms with Crippen molar-refractivity contribution in [2.24, 2.45) is 0 Å². The normalized spacial score (nSPS) is 14.1. The average Bonchev–Trinajstić information content (AvgIpc) is 3.22. The topological polar surface area (TPSA) is 95.9 Å². The Hall–Kier alpha value is -2.96. The molecule has 0 saturated heterocycles. The first-order valence-electron chi connectivity index (χ1n) is 23.9. The average molecular weight is 808 g/mol. The quantitative estimate of drug-likeness (QED) is 0.0325. The van der Waals surface area contributed by atoms with Crippen molar-refractivity contribution in [2.75, 3.05) is 6.61 Å². The van der Waals surface area contributed by atoms with Gasteiger partial charge in [0.25, 0.3) is 0 Å². The van der Waals surface area contributed by atoms with E-state index < -0.39 is 18.2 Å². The molecule has 58 heavy (non-hydrogen) atoms. The van der Waals surface area contributed by atoms with Gasteiger partial charge < -0.3 is 20.3 Å². The summed E-state index contributed by atoms with van der Waals surface area (Å²) in [4.78, 5) is 26.0. The van der Waals surface area contributed by atoms with E-state index in [-0.39, 0.29) is 24.9 Å². The summed E-state index contributed by atoms with van der Waals surface area (Å²) in [6.45, 7) is 6.27. The van der Waals surface area contributed by atoms with E-state index in [1.54, 1.807) is 0 Å². The predicted octanol–water partition coefficient (Wildman–Crippen LogP) is 14.0. The molecule has 3 unspecified atom stereocenters. The summed E-state index contributed by atoms with van der Waals surface area (Å²) >= 11 is 0. The number of hydrogen-bond donors (Lipinski definition) is 3. The van der Waals surface area contributed by atoms with Crippen LogP contribution in [0.3, 0.4) is 0 Å². The molecule has 3 atom stereocenters. The first-order valence-corrected chi connectivity index (χ1v) is 23.9. The van der Waals surface area contributed by atoms with Crippen molar-refractivity contribution in [3.8, 4) is 0 Å². The lowest BCUT2D eigenvalue weighted by molar-refractivity contribution is -0.151. The minimum Gasteiger partial charge on any atom is -0.462 e. The van der Waals surface area contributed by atoms with Crippen LogP contribution in [0.4, 0.5) is 0 Å². The number of esters is 1. The van der Waals surface area contributed by atoms with Crippen molar-refractivity contribution in [3.05, 3.63) is 85.1 Å². The molecule has 0 radical (unpaired) electrons. The van der Waals surface area contributed by atoms with Gasteiger partial charge in [-0.3, -0.25) is 9.59 Å². The number of nitrogens with one attached hydrogen (secondary N) is 1. The van der Waals surface area contributed by atoms with Crippen LogP contribution in [0, 0.1) is 0 Å². The number of hydrogen-bond acceptors (Lipinski definition) is 5.